The molecule has 0 amide bonds. The number of rotatable bonds is 8. The minimum atomic E-state index is -0.798. The molecule has 0 aliphatic carbocycles. The molecule has 0 bridgehead atoms. The van der Waals surface area contributed by atoms with Gasteiger partial charge in [-0.3, -0.25) is 20.2 Å². The summed E-state index contributed by atoms with van der Waals surface area (Å²) in [5, 5.41) is 21.6. The van der Waals surface area contributed by atoms with Crippen molar-refractivity contribution in [3.63, 3.8) is 0 Å². The van der Waals surface area contributed by atoms with E-state index in [2.05, 4.69) is 13.8 Å². The van der Waals surface area contributed by atoms with Gasteiger partial charge in [-0.2, -0.15) is 0 Å². The van der Waals surface area contributed by atoms with Gasteiger partial charge in [-0.05, 0) is 18.3 Å². The summed E-state index contributed by atoms with van der Waals surface area (Å²) in [4.78, 5) is 32.0. The number of nitrogens with zero attached hydrogens (tertiary/aromatic N) is 2. The van der Waals surface area contributed by atoms with Crippen molar-refractivity contribution in [3.8, 4) is 0 Å². The highest BCUT2D eigenvalue weighted by atomic mass is 16.6. The van der Waals surface area contributed by atoms with Gasteiger partial charge in [0.15, 0.2) is 0 Å². The molecule has 1 aromatic carbocycles. The monoisotopic (exact) mass is 324 g/mol. The Labute approximate surface area is 133 Å². The third kappa shape index (κ3) is 5.65. The maximum atomic E-state index is 12.0. The average Bonchev–Trinajstić information content (AvgIpc) is 2.51. The van der Waals surface area contributed by atoms with Gasteiger partial charge in [0.05, 0.1) is 28.1 Å². The molecular weight excluding hydrogens is 304 g/mol. The van der Waals surface area contributed by atoms with Crippen LogP contribution in [0, 0.1) is 32.1 Å². The van der Waals surface area contributed by atoms with Gasteiger partial charge in [0.25, 0.3) is 11.4 Å². The van der Waals surface area contributed by atoms with E-state index >= 15 is 0 Å². The summed E-state index contributed by atoms with van der Waals surface area (Å²) in [5.74, 6) is -0.155. The molecular formula is C15H20N2O6. The molecule has 0 N–H and O–H groups in total. The van der Waals surface area contributed by atoms with E-state index in [1.807, 2.05) is 6.92 Å². The Kier molecular flexibility index (Phi) is 6.62. The Hall–Kier alpha value is -2.51. The molecule has 2 atom stereocenters. The van der Waals surface area contributed by atoms with Crippen LogP contribution in [0.25, 0.3) is 0 Å². The molecule has 1 rings (SSSR count). The first-order valence-electron chi connectivity index (χ1n) is 7.35. The summed E-state index contributed by atoms with van der Waals surface area (Å²) < 4.78 is 5.12. The predicted molar refractivity (Wildman–Crippen MR) is 83.3 cm³/mol. The Bertz CT molecular complexity index is 569. The lowest BCUT2D eigenvalue weighted by molar-refractivity contribution is -0.394. The number of hydrogen-bond donors (Lipinski definition) is 0. The lowest BCUT2D eigenvalue weighted by atomic mass is 9.96. The van der Waals surface area contributed by atoms with E-state index in [0.29, 0.717) is 5.92 Å². The molecule has 0 aliphatic heterocycles. The van der Waals surface area contributed by atoms with Crippen LogP contribution in [0.2, 0.25) is 0 Å². The highest BCUT2D eigenvalue weighted by Crippen LogP contribution is 2.23. The number of non-ortho nitro benzene ring substituents is 2. The molecule has 1 aromatic rings. The maximum absolute atomic E-state index is 12.0. The Morgan fingerprint density at radius 1 is 1.09 bits per heavy atom. The normalized spacial score (nSPS) is 13.2. The number of nitro benzene ring substituents is 2. The minimum Gasteiger partial charge on any atom is -0.462 e. The third-order valence-electron chi connectivity index (χ3n) is 3.56. The van der Waals surface area contributed by atoms with Crippen LogP contribution < -0.4 is 0 Å². The lowest BCUT2D eigenvalue weighted by Crippen LogP contribution is -2.14. The zero-order valence-corrected chi connectivity index (χ0v) is 13.4. The van der Waals surface area contributed by atoms with Crippen LogP contribution in [0.15, 0.2) is 18.2 Å². The van der Waals surface area contributed by atoms with Crippen LogP contribution in [0.5, 0.6) is 0 Å². The van der Waals surface area contributed by atoms with Gasteiger partial charge in [0, 0.05) is 12.1 Å². The van der Waals surface area contributed by atoms with E-state index in [-0.39, 0.29) is 18.1 Å². The largest absolute Gasteiger partial charge is 0.462 e. The Morgan fingerprint density at radius 3 is 2.04 bits per heavy atom. The number of carbonyl (C=O) groups is 1. The van der Waals surface area contributed by atoms with Gasteiger partial charge < -0.3 is 4.74 Å². The van der Waals surface area contributed by atoms with Crippen molar-refractivity contribution in [2.45, 2.75) is 33.6 Å². The summed E-state index contributed by atoms with van der Waals surface area (Å²) in [6.45, 7) is 6.28. The van der Waals surface area contributed by atoms with E-state index in [0.717, 1.165) is 31.0 Å². The third-order valence-corrected chi connectivity index (χ3v) is 3.56. The fourth-order valence-electron chi connectivity index (χ4n) is 2.15. The number of nitro groups is 2. The number of ether oxygens (including phenoxy) is 1. The van der Waals surface area contributed by atoms with Gasteiger partial charge >= 0.3 is 5.97 Å². The lowest BCUT2D eigenvalue weighted by Gasteiger charge is -2.15. The van der Waals surface area contributed by atoms with E-state index in [1.165, 1.54) is 0 Å². The summed E-state index contributed by atoms with van der Waals surface area (Å²) >= 11 is 0. The highest BCUT2D eigenvalue weighted by Gasteiger charge is 2.21. The SMILES string of the molecule is CC[C@H](C)C[C@H](C)COC(=O)c1cc([N+](=O)[O-])cc([N+](=O)[O-])c1. The molecule has 8 nitrogen and oxygen atoms in total. The van der Waals surface area contributed by atoms with Gasteiger partial charge in [0.2, 0.25) is 0 Å². The van der Waals surface area contributed by atoms with Crippen molar-refractivity contribution in [2.24, 2.45) is 11.8 Å². The maximum Gasteiger partial charge on any atom is 0.338 e. The van der Waals surface area contributed by atoms with E-state index in [9.17, 15) is 25.0 Å². The molecule has 0 saturated carbocycles. The fourth-order valence-corrected chi connectivity index (χ4v) is 2.15. The summed E-state index contributed by atoms with van der Waals surface area (Å²) in [6.07, 6.45) is 1.91. The first-order chi connectivity index (χ1) is 10.7. The van der Waals surface area contributed by atoms with Crippen LogP contribution in [0.1, 0.15) is 44.0 Å². The Balaban J connectivity index is 2.83. The molecule has 8 heteroatoms. The number of hydrogen-bond acceptors (Lipinski definition) is 6. The molecule has 0 radical (unpaired) electrons. The first kappa shape index (κ1) is 18.5. The molecule has 0 fully saturated rings. The summed E-state index contributed by atoms with van der Waals surface area (Å²) in [6, 6.07) is 2.77. The molecule has 0 unspecified atom stereocenters. The van der Waals surface area contributed by atoms with E-state index in [4.69, 9.17) is 4.74 Å². The zero-order chi connectivity index (χ0) is 17.6. The van der Waals surface area contributed by atoms with Crippen LogP contribution in [0.4, 0.5) is 11.4 Å². The minimum absolute atomic E-state index is 0.141. The molecule has 0 spiro atoms. The van der Waals surface area contributed by atoms with Crippen molar-refractivity contribution in [1.29, 1.82) is 0 Å². The predicted octanol–water partition coefficient (Wildman–Crippen LogP) is 3.73. The average molecular weight is 324 g/mol. The second-order valence-corrected chi connectivity index (χ2v) is 5.71. The van der Waals surface area contributed by atoms with Crippen LogP contribution in [-0.4, -0.2) is 22.4 Å². The van der Waals surface area contributed by atoms with Gasteiger partial charge in [0.1, 0.15) is 0 Å². The quantitative estimate of drug-likeness (QED) is 0.409. The number of esters is 1. The number of benzene rings is 1. The van der Waals surface area contributed by atoms with Gasteiger partial charge in [-0.1, -0.05) is 27.2 Å². The zero-order valence-electron chi connectivity index (χ0n) is 13.4. The number of carbonyl (C=O) groups excluding carboxylic acids is 1. The second kappa shape index (κ2) is 8.21. The molecule has 0 saturated heterocycles. The van der Waals surface area contributed by atoms with E-state index < -0.39 is 27.2 Å². The fraction of sp³-hybridized carbons (Fsp3) is 0.533. The van der Waals surface area contributed by atoms with Crippen molar-refractivity contribution < 1.29 is 19.4 Å². The molecule has 23 heavy (non-hydrogen) atoms. The van der Waals surface area contributed by atoms with Crippen molar-refractivity contribution in [1.82, 2.24) is 0 Å². The molecule has 0 heterocycles. The standard InChI is InChI=1S/C15H20N2O6/c1-4-10(2)5-11(3)9-23-15(18)12-6-13(16(19)20)8-14(7-12)17(21)22/h6-8,10-11H,4-5,9H2,1-3H3/t10-,11-/m0/s1. The molecule has 0 aromatic heterocycles. The van der Waals surface area contributed by atoms with Crippen LogP contribution >= 0.6 is 0 Å². The second-order valence-electron chi connectivity index (χ2n) is 5.71. The van der Waals surface area contributed by atoms with Crippen LogP contribution in [0.3, 0.4) is 0 Å². The van der Waals surface area contributed by atoms with Crippen molar-refractivity contribution in [3.05, 3.63) is 44.0 Å². The highest BCUT2D eigenvalue weighted by molar-refractivity contribution is 5.91. The first-order valence-corrected chi connectivity index (χ1v) is 7.35. The van der Waals surface area contributed by atoms with E-state index in [1.54, 1.807) is 0 Å². The summed E-state index contributed by atoms with van der Waals surface area (Å²) in [7, 11) is 0. The van der Waals surface area contributed by atoms with Gasteiger partial charge in [-0.15, -0.1) is 0 Å². The van der Waals surface area contributed by atoms with Crippen molar-refractivity contribution >= 4 is 17.3 Å². The van der Waals surface area contributed by atoms with Gasteiger partial charge in [-0.25, -0.2) is 4.79 Å². The van der Waals surface area contributed by atoms with Crippen molar-refractivity contribution in [2.75, 3.05) is 6.61 Å². The van der Waals surface area contributed by atoms with Crippen LogP contribution in [-0.2, 0) is 4.74 Å². The topological polar surface area (TPSA) is 113 Å². The summed E-state index contributed by atoms with van der Waals surface area (Å²) in [5.41, 5.74) is -1.22. The molecule has 126 valence electrons. The smallest absolute Gasteiger partial charge is 0.338 e. The molecule has 0 aliphatic rings. The Morgan fingerprint density at radius 2 is 1.61 bits per heavy atom.